The zero-order chi connectivity index (χ0) is 21.3. The summed E-state index contributed by atoms with van der Waals surface area (Å²) in [6, 6.07) is 6.14. The maximum absolute atomic E-state index is 12.3. The Labute approximate surface area is 175 Å². The lowest BCUT2D eigenvalue weighted by Gasteiger charge is -2.35. The maximum atomic E-state index is 12.3. The second kappa shape index (κ2) is 8.11. The molecule has 1 fully saturated rings. The molecule has 1 aliphatic heterocycles. The molecule has 0 aliphatic carbocycles. The Balaban J connectivity index is 1.52. The van der Waals surface area contributed by atoms with Gasteiger partial charge in [-0.3, -0.25) is 4.79 Å². The van der Waals surface area contributed by atoms with Crippen molar-refractivity contribution < 1.29 is 4.79 Å². The van der Waals surface area contributed by atoms with Crippen molar-refractivity contribution in [1.29, 1.82) is 5.26 Å². The van der Waals surface area contributed by atoms with Gasteiger partial charge in [-0.05, 0) is 25.0 Å². The monoisotopic (exact) mass is 403 g/mol. The second-order valence-electron chi connectivity index (χ2n) is 8.06. The lowest BCUT2D eigenvalue weighted by molar-refractivity contribution is -0.132. The molecule has 3 aromatic heterocycles. The van der Waals surface area contributed by atoms with Crippen molar-refractivity contribution in [2.24, 2.45) is 5.92 Å². The number of anilines is 1. The number of piperazine rings is 1. The Kier molecular flexibility index (Phi) is 5.36. The van der Waals surface area contributed by atoms with Gasteiger partial charge in [0.1, 0.15) is 23.0 Å². The molecule has 0 atom stereocenters. The van der Waals surface area contributed by atoms with E-state index >= 15 is 0 Å². The molecule has 1 saturated heterocycles. The lowest BCUT2D eigenvalue weighted by atomic mass is 10.1. The van der Waals surface area contributed by atoms with Gasteiger partial charge in [0.25, 0.3) is 0 Å². The van der Waals surface area contributed by atoms with Crippen LogP contribution in [0.5, 0.6) is 0 Å². The predicted octanol–water partition coefficient (Wildman–Crippen LogP) is 2.67. The molecule has 0 saturated carbocycles. The zero-order valence-corrected chi connectivity index (χ0v) is 17.5. The Morgan fingerprint density at radius 3 is 2.60 bits per heavy atom. The van der Waals surface area contributed by atoms with Crippen LogP contribution in [0.3, 0.4) is 0 Å². The lowest BCUT2D eigenvalue weighted by Crippen LogP contribution is -2.49. The van der Waals surface area contributed by atoms with Crippen LogP contribution >= 0.6 is 0 Å². The number of hydrogen-bond donors (Lipinski definition) is 0. The molecule has 1 aliphatic rings. The fraction of sp³-hybridized carbons (Fsp3) is 0.409. The van der Waals surface area contributed by atoms with Gasteiger partial charge in [-0.25, -0.2) is 14.5 Å². The molecule has 0 aromatic carbocycles. The zero-order valence-electron chi connectivity index (χ0n) is 17.5. The molecule has 8 heteroatoms. The van der Waals surface area contributed by atoms with Crippen LogP contribution in [0.15, 0.2) is 30.7 Å². The van der Waals surface area contributed by atoms with E-state index in [2.05, 4.69) is 39.9 Å². The van der Waals surface area contributed by atoms with Crippen molar-refractivity contribution in [3.63, 3.8) is 0 Å². The smallest absolute Gasteiger partial charge is 0.222 e. The summed E-state index contributed by atoms with van der Waals surface area (Å²) in [7, 11) is 0. The summed E-state index contributed by atoms with van der Waals surface area (Å²) in [5.74, 6) is 1.49. The van der Waals surface area contributed by atoms with Crippen LogP contribution in [-0.4, -0.2) is 56.6 Å². The number of rotatable bonds is 4. The molecule has 0 spiro atoms. The van der Waals surface area contributed by atoms with Crippen molar-refractivity contribution in [2.45, 2.75) is 27.2 Å². The highest BCUT2D eigenvalue weighted by molar-refractivity contribution is 5.81. The number of hydrogen-bond acceptors (Lipinski definition) is 6. The average Bonchev–Trinajstić information content (AvgIpc) is 3.16. The third-order valence-electron chi connectivity index (χ3n) is 5.30. The molecule has 1 amide bonds. The molecule has 154 valence electrons. The summed E-state index contributed by atoms with van der Waals surface area (Å²) in [6.07, 6.45) is 5.76. The minimum absolute atomic E-state index is 0.233. The SMILES string of the molecule is Cc1cn2ncc(C#N)c2c(-c2ccc(N3CCN(C(=O)CC(C)C)CC3)nc2)n1. The molecular weight excluding hydrogens is 378 g/mol. The number of pyridine rings is 1. The van der Waals surface area contributed by atoms with Crippen molar-refractivity contribution >= 4 is 17.2 Å². The van der Waals surface area contributed by atoms with Crippen molar-refractivity contribution in [1.82, 2.24) is 24.5 Å². The Morgan fingerprint density at radius 2 is 1.97 bits per heavy atom. The maximum Gasteiger partial charge on any atom is 0.222 e. The molecular formula is C22H25N7O. The minimum atomic E-state index is 0.233. The average molecular weight is 403 g/mol. The number of aryl methyl sites for hydroxylation is 1. The van der Waals surface area contributed by atoms with E-state index in [1.54, 1.807) is 16.9 Å². The summed E-state index contributed by atoms with van der Waals surface area (Å²) < 4.78 is 1.69. The molecule has 4 heterocycles. The predicted molar refractivity (Wildman–Crippen MR) is 114 cm³/mol. The third-order valence-corrected chi connectivity index (χ3v) is 5.30. The van der Waals surface area contributed by atoms with E-state index in [0.29, 0.717) is 29.1 Å². The van der Waals surface area contributed by atoms with Crippen molar-refractivity contribution in [3.05, 3.63) is 42.0 Å². The third kappa shape index (κ3) is 3.83. The Hall–Kier alpha value is -3.47. The van der Waals surface area contributed by atoms with Gasteiger partial charge in [0.15, 0.2) is 0 Å². The molecule has 0 unspecified atom stereocenters. The quantitative estimate of drug-likeness (QED) is 0.665. The van der Waals surface area contributed by atoms with Gasteiger partial charge >= 0.3 is 0 Å². The molecule has 3 aromatic rings. The van der Waals surface area contributed by atoms with Crippen LogP contribution in [-0.2, 0) is 4.79 Å². The van der Waals surface area contributed by atoms with E-state index in [0.717, 1.165) is 43.3 Å². The number of carbonyl (C=O) groups is 1. The molecule has 0 N–H and O–H groups in total. The van der Waals surface area contributed by atoms with Crippen LogP contribution in [0, 0.1) is 24.2 Å². The first-order valence-electron chi connectivity index (χ1n) is 10.2. The molecule has 0 radical (unpaired) electrons. The number of amides is 1. The van der Waals surface area contributed by atoms with Gasteiger partial charge < -0.3 is 9.80 Å². The number of nitrogens with zero attached hydrogens (tertiary/aromatic N) is 7. The number of aromatic nitrogens is 4. The van der Waals surface area contributed by atoms with Gasteiger partial charge in [0.05, 0.1) is 23.8 Å². The molecule has 8 nitrogen and oxygen atoms in total. The van der Waals surface area contributed by atoms with Crippen LogP contribution in [0.1, 0.15) is 31.5 Å². The fourth-order valence-corrected chi connectivity index (χ4v) is 3.79. The van der Waals surface area contributed by atoms with E-state index in [1.165, 1.54) is 0 Å². The van der Waals surface area contributed by atoms with Crippen LogP contribution in [0.4, 0.5) is 5.82 Å². The van der Waals surface area contributed by atoms with E-state index < -0.39 is 0 Å². The number of fused-ring (bicyclic) bond motifs is 1. The van der Waals surface area contributed by atoms with Crippen LogP contribution in [0.25, 0.3) is 16.8 Å². The first-order valence-corrected chi connectivity index (χ1v) is 10.2. The largest absolute Gasteiger partial charge is 0.353 e. The topological polar surface area (TPSA) is 90.4 Å². The van der Waals surface area contributed by atoms with Gasteiger partial charge in [0, 0.05) is 44.4 Å². The first-order chi connectivity index (χ1) is 14.5. The van der Waals surface area contributed by atoms with E-state index in [1.807, 2.05) is 30.2 Å². The number of carbonyl (C=O) groups excluding carboxylic acids is 1. The normalized spacial score (nSPS) is 14.4. The summed E-state index contributed by atoms with van der Waals surface area (Å²) in [5, 5.41) is 13.7. The van der Waals surface area contributed by atoms with Crippen LogP contribution < -0.4 is 4.90 Å². The Bertz CT molecular complexity index is 1100. The highest BCUT2D eigenvalue weighted by atomic mass is 16.2. The van der Waals surface area contributed by atoms with Crippen molar-refractivity contribution in [3.8, 4) is 17.3 Å². The summed E-state index contributed by atoms with van der Waals surface area (Å²) in [5.41, 5.74) is 3.54. The van der Waals surface area contributed by atoms with Crippen LogP contribution in [0.2, 0.25) is 0 Å². The summed E-state index contributed by atoms with van der Waals surface area (Å²) in [6.45, 7) is 9.01. The van der Waals surface area contributed by atoms with Gasteiger partial charge in [-0.15, -0.1) is 0 Å². The van der Waals surface area contributed by atoms with E-state index in [4.69, 9.17) is 0 Å². The van der Waals surface area contributed by atoms with E-state index in [-0.39, 0.29) is 5.91 Å². The Morgan fingerprint density at radius 1 is 1.20 bits per heavy atom. The van der Waals surface area contributed by atoms with Crippen molar-refractivity contribution in [2.75, 3.05) is 31.1 Å². The van der Waals surface area contributed by atoms with Gasteiger partial charge in [0.2, 0.25) is 5.91 Å². The van der Waals surface area contributed by atoms with Gasteiger partial charge in [-0.1, -0.05) is 13.8 Å². The minimum Gasteiger partial charge on any atom is -0.353 e. The standard InChI is InChI=1S/C22H25N7O/c1-15(2)10-20(30)28-8-6-27(7-9-28)19-5-4-17(12-24-19)21-22-18(11-23)13-25-29(22)14-16(3)26-21/h4-5,12-15H,6-10H2,1-3H3. The fourth-order valence-electron chi connectivity index (χ4n) is 3.79. The molecule has 4 rings (SSSR count). The molecule has 0 bridgehead atoms. The summed E-state index contributed by atoms with van der Waals surface area (Å²) >= 11 is 0. The van der Waals surface area contributed by atoms with E-state index in [9.17, 15) is 10.1 Å². The van der Waals surface area contributed by atoms with Gasteiger partial charge in [-0.2, -0.15) is 10.4 Å². The molecule has 30 heavy (non-hydrogen) atoms. The first kappa shape index (κ1) is 19.8. The highest BCUT2D eigenvalue weighted by Gasteiger charge is 2.22. The highest BCUT2D eigenvalue weighted by Crippen LogP contribution is 2.26. The number of nitriles is 1. The summed E-state index contributed by atoms with van der Waals surface area (Å²) in [4.78, 5) is 25.7. The second-order valence-corrected chi connectivity index (χ2v) is 8.06.